The van der Waals surface area contributed by atoms with Gasteiger partial charge in [0.2, 0.25) is 5.91 Å². The molecule has 1 aromatic heterocycles. The van der Waals surface area contributed by atoms with E-state index in [4.69, 9.17) is 0 Å². The summed E-state index contributed by atoms with van der Waals surface area (Å²) in [5.41, 5.74) is 1.23. The molecule has 2 N–H and O–H groups in total. The Hall–Kier alpha value is -2.90. The Balaban J connectivity index is 1.78. The predicted molar refractivity (Wildman–Crippen MR) is 89.1 cm³/mol. The maximum atomic E-state index is 11.8. The van der Waals surface area contributed by atoms with Crippen LogP contribution < -0.4 is 10.6 Å². The van der Waals surface area contributed by atoms with E-state index in [0.717, 1.165) is 13.0 Å². The third kappa shape index (κ3) is 5.38. The Bertz CT molecular complexity index is 668. The number of aromatic nitrogens is 3. The van der Waals surface area contributed by atoms with E-state index in [1.165, 1.54) is 10.5 Å². The van der Waals surface area contributed by atoms with Crippen molar-refractivity contribution in [2.24, 2.45) is 0 Å². The van der Waals surface area contributed by atoms with Gasteiger partial charge in [0, 0.05) is 20.6 Å². The summed E-state index contributed by atoms with van der Waals surface area (Å²) in [6, 6.07) is 9.82. The second-order valence-corrected chi connectivity index (χ2v) is 5.51. The van der Waals surface area contributed by atoms with Gasteiger partial charge in [-0.25, -0.2) is 4.79 Å². The Morgan fingerprint density at radius 3 is 2.62 bits per heavy atom. The molecule has 8 nitrogen and oxygen atoms in total. The van der Waals surface area contributed by atoms with Gasteiger partial charge in [-0.3, -0.25) is 4.79 Å². The molecule has 1 aromatic carbocycles. The summed E-state index contributed by atoms with van der Waals surface area (Å²) >= 11 is 0. The van der Waals surface area contributed by atoms with Gasteiger partial charge in [0.05, 0.1) is 13.1 Å². The molecular weight excluding hydrogens is 308 g/mol. The van der Waals surface area contributed by atoms with E-state index >= 15 is 0 Å². The van der Waals surface area contributed by atoms with Gasteiger partial charge < -0.3 is 20.1 Å². The third-order valence-corrected chi connectivity index (χ3v) is 3.43. The molecule has 0 aliphatic carbocycles. The average molecular weight is 330 g/mol. The first-order chi connectivity index (χ1) is 11.6. The first kappa shape index (κ1) is 17.5. The minimum Gasteiger partial charge on any atom is -0.347 e. The van der Waals surface area contributed by atoms with Crippen molar-refractivity contribution in [2.75, 3.05) is 20.6 Å². The highest BCUT2D eigenvalue weighted by Crippen LogP contribution is 2.03. The van der Waals surface area contributed by atoms with Gasteiger partial charge in [0.15, 0.2) is 5.82 Å². The minimum atomic E-state index is -0.309. The van der Waals surface area contributed by atoms with Crippen LogP contribution in [0, 0.1) is 0 Å². The molecule has 24 heavy (non-hydrogen) atoms. The zero-order chi connectivity index (χ0) is 17.4. The first-order valence-electron chi connectivity index (χ1n) is 7.68. The number of aryl methyl sites for hydroxylation is 2. The van der Waals surface area contributed by atoms with Crippen molar-refractivity contribution in [3.05, 3.63) is 48.0 Å². The molecule has 2 aromatic rings. The summed E-state index contributed by atoms with van der Waals surface area (Å²) in [5, 5.41) is 13.1. The largest absolute Gasteiger partial charge is 0.347 e. The zero-order valence-electron chi connectivity index (χ0n) is 13.9. The van der Waals surface area contributed by atoms with Gasteiger partial charge in [0.25, 0.3) is 0 Å². The maximum absolute atomic E-state index is 11.8. The number of urea groups is 1. The Morgan fingerprint density at radius 1 is 1.17 bits per heavy atom. The molecule has 0 saturated carbocycles. The van der Waals surface area contributed by atoms with E-state index in [-0.39, 0.29) is 25.0 Å². The number of benzene rings is 1. The van der Waals surface area contributed by atoms with Crippen molar-refractivity contribution in [1.82, 2.24) is 30.3 Å². The number of carbonyl (C=O) groups is 2. The van der Waals surface area contributed by atoms with Crippen LogP contribution in [-0.4, -0.2) is 52.2 Å². The van der Waals surface area contributed by atoms with Crippen LogP contribution in [0.5, 0.6) is 0 Å². The van der Waals surface area contributed by atoms with Gasteiger partial charge in [-0.05, 0) is 12.0 Å². The van der Waals surface area contributed by atoms with Crippen LogP contribution in [-0.2, 0) is 24.3 Å². The highest BCUT2D eigenvalue weighted by Gasteiger charge is 2.09. The Morgan fingerprint density at radius 2 is 1.92 bits per heavy atom. The van der Waals surface area contributed by atoms with Gasteiger partial charge in [-0.15, -0.1) is 10.2 Å². The smallest absolute Gasteiger partial charge is 0.317 e. The molecule has 0 fully saturated rings. The maximum Gasteiger partial charge on any atom is 0.317 e. The molecule has 0 unspecified atom stereocenters. The van der Waals surface area contributed by atoms with Crippen molar-refractivity contribution in [2.45, 2.75) is 19.5 Å². The lowest BCUT2D eigenvalue weighted by molar-refractivity contribution is -0.120. The van der Waals surface area contributed by atoms with Gasteiger partial charge >= 0.3 is 6.03 Å². The fraction of sp³-hybridized carbons (Fsp3) is 0.375. The molecule has 0 spiro atoms. The molecule has 0 bridgehead atoms. The summed E-state index contributed by atoms with van der Waals surface area (Å²) in [6.07, 6.45) is 2.51. The van der Waals surface area contributed by atoms with Crippen molar-refractivity contribution < 1.29 is 9.59 Å². The number of carbonyl (C=O) groups excluding carboxylic acids is 2. The fourth-order valence-corrected chi connectivity index (χ4v) is 2.05. The molecule has 8 heteroatoms. The number of nitrogens with one attached hydrogen (secondary N) is 2. The second-order valence-electron chi connectivity index (χ2n) is 5.51. The topological polar surface area (TPSA) is 92.2 Å². The number of nitrogens with zero attached hydrogens (tertiary/aromatic N) is 4. The minimum absolute atomic E-state index is 0.0742. The van der Waals surface area contributed by atoms with Crippen LogP contribution in [0.4, 0.5) is 4.79 Å². The molecule has 0 atom stereocenters. The summed E-state index contributed by atoms with van der Waals surface area (Å²) in [7, 11) is 3.23. The van der Waals surface area contributed by atoms with E-state index in [9.17, 15) is 9.59 Å². The van der Waals surface area contributed by atoms with Crippen molar-refractivity contribution in [3.63, 3.8) is 0 Å². The van der Waals surface area contributed by atoms with Crippen LogP contribution in [0.15, 0.2) is 36.7 Å². The van der Waals surface area contributed by atoms with Crippen LogP contribution in [0.3, 0.4) is 0 Å². The standard InChI is InChI=1S/C16H22N6O2/c1-21(2)16(24)18-11-15(23)17-10-14-20-19-12-22(14)9-8-13-6-4-3-5-7-13/h3-7,12H,8-11H2,1-2H3,(H,17,23)(H,18,24). The van der Waals surface area contributed by atoms with Crippen molar-refractivity contribution in [1.29, 1.82) is 0 Å². The lowest BCUT2D eigenvalue weighted by Gasteiger charge is -2.12. The molecule has 0 aliphatic heterocycles. The van der Waals surface area contributed by atoms with E-state index in [0.29, 0.717) is 5.82 Å². The predicted octanol–water partition coefficient (Wildman–Crippen LogP) is 0.408. The van der Waals surface area contributed by atoms with Crippen LogP contribution >= 0.6 is 0 Å². The zero-order valence-corrected chi connectivity index (χ0v) is 13.9. The highest BCUT2D eigenvalue weighted by molar-refractivity contribution is 5.83. The van der Waals surface area contributed by atoms with Gasteiger partial charge in [-0.1, -0.05) is 30.3 Å². The first-order valence-corrected chi connectivity index (χ1v) is 7.68. The lowest BCUT2D eigenvalue weighted by atomic mass is 10.1. The summed E-state index contributed by atoms with van der Waals surface area (Å²) in [4.78, 5) is 24.5. The number of rotatable bonds is 7. The SMILES string of the molecule is CN(C)C(=O)NCC(=O)NCc1nncn1CCc1ccccc1. The highest BCUT2D eigenvalue weighted by atomic mass is 16.2. The second kappa shape index (κ2) is 8.66. The number of amides is 3. The summed E-state index contributed by atoms with van der Waals surface area (Å²) in [6.45, 7) is 0.931. The van der Waals surface area contributed by atoms with Crippen LogP contribution in [0.2, 0.25) is 0 Å². The fourth-order valence-electron chi connectivity index (χ4n) is 2.05. The molecule has 3 amide bonds. The van der Waals surface area contributed by atoms with Gasteiger partial charge in [0.1, 0.15) is 6.33 Å². The normalized spacial score (nSPS) is 10.2. The van der Waals surface area contributed by atoms with Crippen LogP contribution in [0.1, 0.15) is 11.4 Å². The summed E-state index contributed by atoms with van der Waals surface area (Å²) in [5.74, 6) is 0.404. The monoisotopic (exact) mass is 330 g/mol. The van der Waals surface area contributed by atoms with Crippen molar-refractivity contribution in [3.8, 4) is 0 Å². The van der Waals surface area contributed by atoms with E-state index in [2.05, 4.69) is 33.0 Å². The van der Waals surface area contributed by atoms with Gasteiger partial charge in [-0.2, -0.15) is 0 Å². The Kier molecular flexibility index (Phi) is 6.30. The molecular formula is C16H22N6O2. The number of hydrogen-bond acceptors (Lipinski definition) is 4. The molecule has 128 valence electrons. The van der Waals surface area contributed by atoms with Crippen LogP contribution in [0.25, 0.3) is 0 Å². The quantitative estimate of drug-likeness (QED) is 0.769. The summed E-state index contributed by atoms with van der Waals surface area (Å²) < 4.78 is 1.91. The lowest BCUT2D eigenvalue weighted by Crippen LogP contribution is -2.41. The molecule has 1 heterocycles. The molecule has 0 saturated heterocycles. The Labute approximate surface area is 140 Å². The van der Waals surface area contributed by atoms with Crippen molar-refractivity contribution >= 4 is 11.9 Å². The van der Waals surface area contributed by atoms with E-state index in [1.54, 1.807) is 20.4 Å². The number of hydrogen-bond donors (Lipinski definition) is 2. The van der Waals surface area contributed by atoms with E-state index < -0.39 is 0 Å². The molecule has 0 radical (unpaired) electrons. The third-order valence-electron chi connectivity index (χ3n) is 3.43. The molecule has 0 aliphatic rings. The van der Waals surface area contributed by atoms with E-state index in [1.807, 2.05) is 22.8 Å². The molecule has 2 rings (SSSR count). The average Bonchev–Trinajstić information content (AvgIpc) is 3.04.